The highest BCUT2D eigenvalue weighted by atomic mass is 16.3. The second kappa shape index (κ2) is 5.02. The number of imidazole rings is 1. The molecule has 100 valence electrons. The minimum atomic E-state index is -0.0299. The molecule has 1 saturated carbocycles. The molecule has 2 fully saturated rings. The van der Waals surface area contributed by atoms with Crippen molar-refractivity contribution in [3.05, 3.63) is 18.2 Å². The van der Waals surface area contributed by atoms with Gasteiger partial charge >= 0.3 is 0 Å². The van der Waals surface area contributed by atoms with Gasteiger partial charge in [-0.05, 0) is 57.0 Å². The molecule has 2 N–H and O–H groups in total. The van der Waals surface area contributed by atoms with Crippen LogP contribution in [0.3, 0.4) is 0 Å². The number of aliphatic hydroxyl groups is 1. The molecular weight excluding hydrogens is 226 g/mol. The fraction of sp³-hybridized carbons (Fsp3) is 0.786. The average Bonchev–Trinajstić information content (AvgIpc) is 2.89. The normalized spacial score (nSPS) is 25.6. The van der Waals surface area contributed by atoms with Crippen LogP contribution in [0.1, 0.15) is 44.2 Å². The Labute approximate surface area is 108 Å². The van der Waals surface area contributed by atoms with E-state index >= 15 is 0 Å². The van der Waals surface area contributed by atoms with Crippen molar-refractivity contribution in [3.63, 3.8) is 0 Å². The van der Waals surface area contributed by atoms with Crippen LogP contribution in [0.5, 0.6) is 0 Å². The van der Waals surface area contributed by atoms with E-state index in [1.807, 2.05) is 6.20 Å². The van der Waals surface area contributed by atoms with E-state index in [9.17, 15) is 5.11 Å². The monoisotopic (exact) mass is 249 g/mol. The molecule has 2 heterocycles. The van der Waals surface area contributed by atoms with E-state index in [1.54, 1.807) is 6.33 Å². The van der Waals surface area contributed by atoms with Crippen LogP contribution in [0.25, 0.3) is 0 Å². The number of likely N-dealkylation sites (tertiary alicyclic amines) is 1. The average molecular weight is 249 g/mol. The molecule has 0 unspecified atom stereocenters. The Bertz CT molecular complexity index is 358. The van der Waals surface area contributed by atoms with Crippen LogP contribution in [-0.4, -0.2) is 39.2 Å². The second-order valence-corrected chi connectivity index (χ2v) is 6.07. The topological polar surface area (TPSA) is 52.1 Å². The van der Waals surface area contributed by atoms with Crippen LogP contribution in [0.4, 0.5) is 0 Å². The molecule has 0 radical (unpaired) electrons. The van der Waals surface area contributed by atoms with Gasteiger partial charge in [0.2, 0.25) is 0 Å². The molecule has 1 aliphatic carbocycles. The zero-order chi connectivity index (χ0) is 12.4. The van der Waals surface area contributed by atoms with Crippen molar-refractivity contribution < 1.29 is 5.11 Å². The Kier molecular flexibility index (Phi) is 3.39. The smallest absolute Gasteiger partial charge is 0.0923 e. The maximum absolute atomic E-state index is 9.62. The van der Waals surface area contributed by atoms with Crippen molar-refractivity contribution in [2.75, 3.05) is 13.1 Å². The van der Waals surface area contributed by atoms with E-state index in [2.05, 4.69) is 14.9 Å². The van der Waals surface area contributed by atoms with Gasteiger partial charge in [0.05, 0.1) is 18.1 Å². The van der Waals surface area contributed by atoms with E-state index < -0.39 is 0 Å². The summed E-state index contributed by atoms with van der Waals surface area (Å²) in [5.41, 5.74) is 1.69. The Morgan fingerprint density at radius 1 is 1.28 bits per heavy atom. The number of aromatic nitrogens is 2. The van der Waals surface area contributed by atoms with Gasteiger partial charge in [-0.1, -0.05) is 0 Å². The highest BCUT2D eigenvalue weighted by Gasteiger charge is 2.37. The van der Waals surface area contributed by atoms with Crippen LogP contribution in [0.2, 0.25) is 0 Å². The lowest BCUT2D eigenvalue weighted by atomic mass is 9.67. The molecule has 1 aromatic rings. The molecule has 1 saturated heterocycles. The third-order valence-corrected chi connectivity index (χ3v) is 4.87. The minimum absolute atomic E-state index is 0.0299. The molecule has 0 aromatic carbocycles. The lowest BCUT2D eigenvalue weighted by Crippen LogP contribution is -2.42. The molecule has 18 heavy (non-hydrogen) atoms. The van der Waals surface area contributed by atoms with Crippen molar-refractivity contribution in [2.24, 2.45) is 5.41 Å². The summed E-state index contributed by atoms with van der Waals surface area (Å²) in [6, 6.07) is 0. The number of H-pyrrole nitrogens is 1. The highest BCUT2D eigenvalue weighted by Crippen LogP contribution is 2.44. The lowest BCUT2D eigenvalue weighted by molar-refractivity contribution is 0.0153. The van der Waals surface area contributed by atoms with Crippen LogP contribution < -0.4 is 0 Å². The first kappa shape index (κ1) is 12.2. The van der Waals surface area contributed by atoms with Crippen LogP contribution in [-0.2, 0) is 6.54 Å². The predicted octanol–water partition coefficient (Wildman–Crippen LogP) is 1.93. The van der Waals surface area contributed by atoms with Gasteiger partial charge in [-0.2, -0.15) is 0 Å². The van der Waals surface area contributed by atoms with Crippen molar-refractivity contribution >= 4 is 0 Å². The first-order valence-corrected chi connectivity index (χ1v) is 7.14. The Balaban J connectivity index is 1.52. The lowest BCUT2D eigenvalue weighted by Gasteiger charge is -2.45. The molecule has 0 amide bonds. The largest absolute Gasteiger partial charge is 0.393 e. The summed E-state index contributed by atoms with van der Waals surface area (Å²) in [6.45, 7) is 3.34. The zero-order valence-corrected chi connectivity index (χ0v) is 10.9. The van der Waals surface area contributed by atoms with Crippen LogP contribution in [0, 0.1) is 5.41 Å². The van der Waals surface area contributed by atoms with E-state index in [-0.39, 0.29) is 6.10 Å². The zero-order valence-electron chi connectivity index (χ0n) is 10.9. The number of nitrogens with zero attached hydrogens (tertiary/aromatic N) is 2. The Morgan fingerprint density at radius 2 is 2.00 bits per heavy atom. The number of nitrogens with one attached hydrogen (secondary N) is 1. The van der Waals surface area contributed by atoms with Crippen LogP contribution >= 0.6 is 0 Å². The fourth-order valence-corrected chi connectivity index (χ4v) is 3.51. The second-order valence-electron chi connectivity index (χ2n) is 6.07. The number of aliphatic hydroxyl groups excluding tert-OH is 1. The maximum Gasteiger partial charge on any atom is 0.0923 e. The number of rotatable bonds is 2. The molecule has 0 atom stereocenters. The Hall–Kier alpha value is -0.870. The SMILES string of the molecule is OC1CCC2(CC1)CCN(Cc1c[nH]cn1)CC2. The van der Waals surface area contributed by atoms with Gasteiger partial charge < -0.3 is 10.1 Å². The van der Waals surface area contributed by atoms with E-state index in [4.69, 9.17) is 0 Å². The van der Waals surface area contributed by atoms with E-state index in [0.29, 0.717) is 5.41 Å². The van der Waals surface area contributed by atoms with Gasteiger partial charge in [0.15, 0.2) is 0 Å². The van der Waals surface area contributed by atoms with Gasteiger partial charge in [-0.15, -0.1) is 0 Å². The molecule has 4 heteroatoms. The first-order valence-electron chi connectivity index (χ1n) is 7.14. The molecule has 2 aliphatic rings. The quantitative estimate of drug-likeness (QED) is 0.842. The van der Waals surface area contributed by atoms with E-state index in [1.165, 1.54) is 38.8 Å². The number of aromatic amines is 1. The van der Waals surface area contributed by atoms with Crippen LogP contribution in [0.15, 0.2) is 12.5 Å². The molecule has 3 rings (SSSR count). The third kappa shape index (κ3) is 2.59. The number of hydrogen-bond donors (Lipinski definition) is 2. The Morgan fingerprint density at radius 3 is 2.61 bits per heavy atom. The summed E-state index contributed by atoms with van der Waals surface area (Å²) in [5.74, 6) is 0. The maximum atomic E-state index is 9.62. The van der Waals surface area contributed by atoms with Gasteiger partial charge in [0, 0.05) is 12.7 Å². The summed E-state index contributed by atoms with van der Waals surface area (Å²) in [5, 5.41) is 9.62. The standard InChI is InChI=1S/C14H23N3O/c18-13-1-3-14(4-2-13)5-7-17(8-6-14)10-12-9-15-11-16-12/h9,11,13,18H,1-8,10H2,(H,15,16). The van der Waals surface area contributed by atoms with Gasteiger partial charge in [0.1, 0.15) is 0 Å². The van der Waals surface area contributed by atoms with E-state index in [0.717, 1.165) is 25.1 Å². The van der Waals surface area contributed by atoms with Crippen molar-refractivity contribution in [1.29, 1.82) is 0 Å². The molecule has 4 nitrogen and oxygen atoms in total. The molecule has 1 aliphatic heterocycles. The summed E-state index contributed by atoms with van der Waals surface area (Å²) in [6.07, 6.45) is 10.8. The molecule has 1 aromatic heterocycles. The van der Waals surface area contributed by atoms with Gasteiger partial charge in [-0.25, -0.2) is 4.98 Å². The predicted molar refractivity (Wildman–Crippen MR) is 70.0 cm³/mol. The van der Waals surface area contributed by atoms with Crippen molar-refractivity contribution in [3.8, 4) is 0 Å². The molecule has 0 bridgehead atoms. The third-order valence-electron chi connectivity index (χ3n) is 4.87. The molecular formula is C14H23N3O. The summed E-state index contributed by atoms with van der Waals surface area (Å²) in [7, 11) is 0. The summed E-state index contributed by atoms with van der Waals surface area (Å²) >= 11 is 0. The number of piperidine rings is 1. The first-order chi connectivity index (χ1) is 8.76. The number of hydrogen-bond acceptors (Lipinski definition) is 3. The van der Waals surface area contributed by atoms with Crippen molar-refractivity contribution in [1.82, 2.24) is 14.9 Å². The minimum Gasteiger partial charge on any atom is -0.393 e. The summed E-state index contributed by atoms with van der Waals surface area (Å²) in [4.78, 5) is 9.82. The van der Waals surface area contributed by atoms with Gasteiger partial charge in [-0.3, -0.25) is 4.90 Å². The fourth-order valence-electron chi connectivity index (χ4n) is 3.51. The van der Waals surface area contributed by atoms with Gasteiger partial charge in [0.25, 0.3) is 0 Å². The summed E-state index contributed by atoms with van der Waals surface area (Å²) < 4.78 is 0. The highest BCUT2D eigenvalue weighted by molar-refractivity contribution is 4.96. The molecule has 1 spiro atoms. The van der Waals surface area contributed by atoms with Crippen molar-refractivity contribution in [2.45, 2.75) is 51.2 Å².